The number of fused-ring (bicyclic) bond motifs is 1. The fraction of sp³-hybridized carbons (Fsp3) is 0.0526. The third-order valence-electron chi connectivity index (χ3n) is 4.07. The van der Waals surface area contributed by atoms with E-state index in [0.717, 1.165) is 22.0 Å². The van der Waals surface area contributed by atoms with Crippen LogP contribution in [0.4, 0.5) is 0 Å². The maximum Gasteiger partial charge on any atom is 0.192 e. The predicted octanol–water partition coefficient (Wildman–Crippen LogP) is 4.22. The van der Waals surface area contributed by atoms with Crippen LogP contribution in [0.2, 0.25) is 5.02 Å². The van der Waals surface area contributed by atoms with E-state index in [0.29, 0.717) is 22.2 Å². The Kier molecular flexibility index (Phi) is 3.99. The van der Waals surface area contributed by atoms with Gasteiger partial charge in [0.25, 0.3) is 0 Å². The Morgan fingerprint density at radius 1 is 1.08 bits per heavy atom. The molecule has 0 unspecified atom stereocenters. The molecule has 0 saturated heterocycles. The molecule has 2 heterocycles. The summed E-state index contributed by atoms with van der Waals surface area (Å²) in [6, 6.07) is 17.2. The molecule has 4 aromatic rings. The van der Waals surface area contributed by atoms with Gasteiger partial charge in [0, 0.05) is 16.5 Å². The van der Waals surface area contributed by atoms with Crippen molar-refractivity contribution in [3.63, 3.8) is 0 Å². The van der Waals surface area contributed by atoms with E-state index in [4.69, 9.17) is 16.3 Å². The molecule has 0 atom stereocenters. The highest BCUT2D eigenvalue weighted by Crippen LogP contribution is 2.34. The first-order chi connectivity index (χ1) is 12.7. The van der Waals surface area contributed by atoms with E-state index in [9.17, 15) is 5.26 Å². The number of H-pyrrole nitrogens is 1. The van der Waals surface area contributed by atoms with Crippen LogP contribution < -0.4 is 4.74 Å². The standard InChI is InChI=1S/C19H12ClN5O/c1-26-13-6-7-14-15(11-2-4-12(20)5-3-11)9-17(22-16(14)8-13)19-18(10-21)23-25-24-19/h2-9H,1H3,(H,23,24,25). The molecule has 7 heteroatoms. The van der Waals surface area contributed by atoms with Gasteiger partial charge in [-0.1, -0.05) is 23.7 Å². The number of nitrogens with one attached hydrogen (secondary N) is 1. The molecule has 1 N–H and O–H groups in total. The molecule has 0 spiro atoms. The number of nitriles is 1. The van der Waals surface area contributed by atoms with Gasteiger partial charge >= 0.3 is 0 Å². The minimum absolute atomic E-state index is 0.196. The summed E-state index contributed by atoms with van der Waals surface area (Å²) in [4.78, 5) is 4.66. The summed E-state index contributed by atoms with van der Waals surface area (Å²) in [7, 11) is 1.61. The average molecular weight is 362 g/mol. The summed E-state index contributed by atoms with van der Waals surface area (Å²) >= 11 is 6.02. The lowest BCUT2D eigenvalue weighted by Crippen LogP contribution is -1.93. The summed E-state index contributed by atoms with van der Waals surface area (Å²) in [5.41, 5.74) is 3.83. The quantitative estimate of drug-likeness (QED) is 0.590. The summed E-state index contributed by atoms with van der Waals surface area (Å²) in [6.45, 7) is 0. The van der Waals surface area contributed by atoms with E-state index >= 15 is 0 Å². The molecular weight excluding hydrogens is 350 g/mol. The third kappa shape index (κ3) is 2.75. The number of hydrogen-bond acceptors (Lipinski definition) is 5. The maximum absolute atomic E-state index is 9.25. The zero-order valence-corrected chi connectivity index (χ0v) is 14.4. The molecular formula is C19H12ClN5O. The Hall–Kier alpha value is -3.43. The topological polar surface area (TPSA) is 87.5 Å². The van der Waals surface area contributed by atoms with Crippen LogP contribution in [-0.2, 0) is 0 Å². The maximum atomic E-state index is 9.25. The van der Waals surface area contributed by atoms with Crippen molar-refractivity contribution in [2.24, 2.45) is 0 Å². The molecule has 2 aromatic heterocycles. The molecule has 126 valence electrons. The first kappa shape index (κ1) is 16.1. The number of ether oxygens (including phenoxy) is 1. The van der Waals surface area contributed by atoms with E-state index in [1.807, 2.05) is 54.6 Å². The first-order valence-corrected chi connectivity index (χ1v) is 8.13. The van der Waals surface area contributed by atoms with Crippen LogP contribution in [0.15, 0.2) is 48.5 Å². The van der Waals surface area contributed by atoms with Gasteiger partial charge in [-0.15, -0.1) is 5.10 Å². The number of benzene rings is 2. The van der Waals surface area contributed by atoms with Crippen LogP contribution in [0.25, 0.3) is 33.4 Å². The second-order valence-corrected chi connectivity index (χ2v) is 6.01. The average Bonchev–Trinajstić information content (AvgIpc) is 3.16. The molecule has 6 nitrogen and oxygen atoms in total. The van der Waals surface area contributed by atoms with Crippen molar-refractivity contribution in [2.75, 3.05) is 7.11 Å². The largest absolute Gasteiger partial charge is 0.497 e. The SMILES string of the molecule is COc1ccc2c(-c3ccc(Cl)cc3)cc(-c3n[nH]nc3C#N)nc2c1. The Balaban J connectivity index is 2.02. The van der Waals surface area contributed by atoms with Crippen LogP contribution in [-0.4, -0.2) is 27.5 Å². The number of methoxy groups -OCH3 is 1. The van der Waals surface area contributed by atoms with Crippen molar-refractivity contribution in [3.8, 4) is 34.3 Å². The number of hydrogen-bond donors (Lipinski definition) is 1. The van der Waals surface area contributed by atoms with Gasteiger partial charge in [0.15, 0.2) is 5.69 Å². The molecule has 0 fully saturated rings. The second-order valence-electron chi connectivity index (χ2n) is 5.58. The smallest absolute Gasteiger partial charge is 0.192 e. The zero-order chi connectivity index (χ0) is 18.1. The molecule has 0 bridgehead atoms. The van der Waals surface area contributed by atoms with Gasteiger partial charge in [-0.3, -0.25) is 0 Å². The number of pyridine rings is 1. The monoisotopic (exact) mass is 361 g/mol. The number of aromatic nitrogens is 4. The van der Waals surface area contributed by atoms with Crippen molar-refractivity contribution < 1.29 is 4.74 Å². The van der Waals surface area contributed by atoms with Gasteiger partial charge in [0.1, 0.15) is 17.5 Å². The molecule has 2 aromatic carbocycles. The lowest BCUT2D eigenvalue weighted by molar-refractivity contribution is 0.415. The Labute approximate surface area is 154 Å². The number of nitrogens with zero attached hydrogens (tertiary/aromatic N) is 4. The van der Waals surface area contributed by atoms with Crippen LogP contribution in [0, 0.1) is 11.3 Å². The Bertz CT molecular complexity index is 1150. The van der Waals surface area contributed by atoms with E-state index in [1.54, 1.807) is 7.11 Å². The van der Waals surface area contributed by atoms with Gasteiger partial charge in [0.2, 0.25) is 0 Å². The molecule has 0 radical (unpaired) electrons. The summed E-state index contributed by atoms with van der Waals surface area (Å²) in [6.07, 6.45) is 0. The van der Waals surface area contributed by atoms with Crippen molar-refractivity contribution in [1.29, 1.82) is 5.26 Å². The van der Waals surface area contributed by atoms with Gasteiger partial charge in [-0.25, -0.2) is 4.98 Å². The third-order valence-corrected chi connectivity index (χ3v) is 4.32. The van der Waals surface area contributed by atoms with Gasteiger partial charge in [-0.2, -0.15) is 15.6 Å². The van der Waals surface area contributed by atoms with Crippen molar-refractivity contribution in [3.05, 3.63) is 59.2 Å². The number of rotatable bonds is 3. The van der Waals surface area contributed by atoms with E-state index in [1.165, 1.54) is 0 Å². The van der Waals surface area contributed by atoms with Crippen molar-refractivity contribution in [1.82, 2.24) is 20.4 Å². The number of aromatic amines is 1. The lowest BCUT2D eigenvalue weighted by Gasteiger charge is -2.10. The van der Waals surface area contributed by atoms with E-state index in [-0.39, 0.29) is 5.69 Å². The zero-order valence-electron chi connectivity index (χ0n) is 13.7. The summed E-state index contributed by atoms with van der Waals surface area (Å²) in [5.74, 6) is 0.699. The van der Waals surface area contributed by atoms with Crippen LogP contribution >= 0.6 is 11.6 Å². The normalized spacial score (nSPS) is 10.7. The molecule has 0 aliphatic rings. The van der Waals surface area contributed by atoms with Gasteiger partial charge in [-0.05, 0) is 41.5 Å². The number of halogens is 1. The van der Waals surface area contributed by atoms with Crippen LogP contribution in [0.5, 0.6) is 5.75 Å². The lowest BCUT2D eigenvalue weighted by atomic mass is 9.99. The minimum atomic E-state index is 0.196. The summed E-state index contributed by atoms with van der Waals surface area (Å²) in [5, 5.41) is 21.3. The van der Waals surface area contributed by atoms with Gasteiger partial charge < -0.3 is 4.74 Å². The first-order valence-electron chi connectivity index (χ1n) is 7.75. The Morgan fingerprint density at radius 2 is 1.88 bits per heavy atom. The highest BCUT2D eigenvalue weighted by molar-refractivity contribution is 6.30. The highest BCUT2D eigenvalue weighted by atomic mass is 35.5. The molecule has 0 aliphatic carbocycles. The molecule has 4 rings (SSSR count). The van der Waals surface area contributed by atoms with E-state index < -0.39 is 0 Å². The van der Waals surface area contributed by atoms with Crippen LogP contribution in [0.3, 0.4) is 0 Å². The molecule has 0 aliphatic heterocycles. The fourth-order valence-electron chi connectivity index (χ4n) is 2.81. The molecule has 0 amide bonds. The Morgan fingerprint density at radius 3 is 2.62 bits per heavy atom. The second kappa shape index (κ2) is 6.47. The molecule has 26 heavy (non-hydrogen) atoms. The predicted molar refractivity (Wildman–Crippen MR) is 98.8 cm³/mol. The van der Waals surface area contributed by atoms with Crippen molar-refractivity contribution in [2.45, 2.75) is 0 Å². The minimum Gasteiger partial charge on any atom is -0.497 e. The summed E-state index contributed by atoms with van der Waals surface area (Å²) < 4.78 is 5.32. The highest BCUT2D eigenvalue weighted by Gasteiger charge is 2.15. The van der Waals surface area contributed by atoms with Gasteiger partial charge in [0.05, 0.1) is 18.3 Å². The fourth-order valence-corrected chi connectivity index (χ4v) is 2.94. The molecule has 0 saturated carbocycles. The van der Waals surface area contributed by atoms with E-state index in [2.05, 4.69) is 20.4 Å². The van der Waals surface area contributed by atoms with Crippen molar-refractivity contribution >= 4 is 22.5 Å². The van der Waals surface area contributed by atoms with Crippen LogP contribution in [0.1, 0.15) is 5.69 Å².